The zero-order chi connectivity index (χ0) is 31.2. The zero-order valence-electron chi connectivity index (χ0n) is 23.2. The number of halogens is 1. The second-order valence-electron chi connectivity index (χ2n) is 9.46. The first-order valence-electron chi connectivity index (χ1n) is 13.2. The number of non-ortho nitro benzene ring substituents is 1. The molecule has 1 saturated heterocycles. The van der Waals surface area contributed by atoms with Gasteiger partial charge in [0.2, 0.25) is 0 Å². The van der Waals surface area contributed by atoms with Crippen molar-refractivity contribution in [3.63, 3.8) is 0 Å². The molecule has 0 spiro atoms. The van der Waals surface area contributed by atoms with Gasteiger partial charge in [0.05, 0.1) is 17.7 Å². The number of amides is 4. The van der Waals surface area contributed by atoms with Crippen LogP contribution in [0.4, 0.5) is 16.2 Å². The first-order valence-corrected chi connectivity index (χ1v) is 13.9. The molecular weight excluding hydrogens is 634 g/mol. The van der Waals surface area contributed by atoms with Gasteiger partial charge in [-0.15, -0.1) is 0 Å². The van der Waals surface area contributed by atoms with Crippen molar-refractivity contribution in [1.82, 2.24) is 5.32 Å². The van der Waals surface area contributed by atoms with Crippen LogP contribution < -0.4 is 24.4 Å². The summed E-state index contributed by atoms with van der Waals surface area (Å²) in [5.41, 5.74) is 1.71. The Morgan fingerprint density at radius 2 is 1.52 bits per heavy atom. The number of methoxy groups -OCH3 is 1. The summed E-state index contributed by atoms with van der Waals surface area (Å²) < 4.78 is 18.2. The predicted molar refractivity (Wildman–Crippen MR) is 164 cm³/mol. The molecule has 5 rings (SSSR count). The number of benzene rings is 4. The van der Waals surface area contributed by atoms with E-state index in [4.69, 9.17) is 14.2 Å². The summed E-state index contributed by atoms with van der Waals surface area (Å²) in [5.74, 6) is -0.318. The maximum atomic E-state index is 13.4. The molecule has 12 heteroatoms. The van der Waals surface area contributed by atoms with Crippen LogP contribution in [0.3, 0.4) is 0 Å². The van der Waals surface area contributed by atoms with Crippen LogP contribution in [0.5, 0.6) is 17.2 Å². The molecule has 1 heterocycles. The lowest BCUT2D eigenvalue weighted by molar-refractivity contribution is -0.384. The maximum absolute atomic E-state index is 13.4. The molecule has 4 aromatic rings. The fourth-order valence-electron chi connectivity index (χ4n) is 4.35. The quantitative estimate of drug-likeness (QED) is 0.0922. The Morgan fingerprint density at radius 1 is 0.841 bits per heavy atom. The van der Waals surface area contributed by atoms with Crippen molar-refractivity contribution in [1.29, 1.82) is 0 Å². The molecule has 0 aliphatic carbocycles. The van der Waals surface area contributed by atoms with Gasteiger partial charge in [0.25, 0.3) is 17.5 Å². The Kier molecular flexibility index (Phi) is 9.01. The van der Waals surface area contributed by atoms with Gasteiger partial charge in [0, 0.05) is 22.2 Å². The summed E-state index contributed by atoms with van der Waals surface area (Å²) in [6, 6.07) is 24.1. The number of anilines is 1. The number of nitro groups is 1. The average Bonchev–Trinajstić information content (AvgIpc) is 3.02. The lowest BCUT2D eigenvalue weighted by atomic mass is 10.1. The van der Waals surface area contributed by atoms with E-state index in [0.717, 1.165) is 28.2 Å². The van der Waals surface area contributed by atoms with Crippen molar-refractivity contribution in [2.24, 2.45) is 0 Å². The Hall–Kier alpha value is -5.49. The molecule has 0 saturated carbocycles. The highest BCUT2D eigenvalue weighted by atomic mass is 79.9. The molecule has 11 nitrogen and oxygen atoms in total. The van der Waals surface area contributed by atoms with Gasteiger partial charge in [-0.25, -0.2) is 9.69 Å². The number of hydrogen-bond acceptors (Lipinski definition) is 8. The van der Waals surface area contributed by atoms with Crippen LogP contribution in [0.1, 0.15) is 16.7 Å². The zero-order valence-corrected chi connectivity index (χ0v) is 24.8. The third kappa shape index (κ3) is 6.76. The minimum absolute atomic E-state index is 0.0624. The highest BCUT2D eigenvalue weighted by Gasteiger charge is 2.37. The molecule has 0 bridgehead atoms. The minimum atomic E-state index is -0.970. The van der Waals surface area contributed by atoms with E-state index in [2.05, 4.69) is 21.2 Å². The highest BCUT2D eigenvalue weighted by molar-refractivity contribution is 9.10. The van der Waals surface area contributed by atoms with Crippen LogP contribution in [0, 0.1) is 10.1 Å². The Bertz CT molecular complexity index is 1770. The number of imide groups is 2. The molecule has 0 atom stereocenters. The van der Waals surface area contributed by atoms with Gasteiger partial charge in [-0.2, -0.15) is 0 Å². The molecule has 4 amide bonds. The summed E-state index contributed by atoms with van der Waals surface area (Å²) in [7, 11) is 1.55. The van der Waals surface area contributed by atoms with Crippen LogP contribution in [-0.4, -0.2) is 29.9 Å². The lowest BCUT2D eigenvalue weighted by Crippen LogP contribution is -2.54. The summed E-state index contributed by atoms with van der Waals surface area (Å²) in [6.07, 6.45) is 1.32. The van der Waals surface area contributed by atoms with Gasteiger partial charge in [0.15, 0.2) is 11.5 Å². The van der Waals surface area contributed by atoms with E-state index in [1.165, 1.54) is 18.2 Å². The molecular formula is C32H24BrN3O8. The fraction of sp³-hybridized carbons (Fsp3) is 0.0938. The first-order chi connectivity index (χ1) is 21.2. The van der Waals surface area contributed by atoms with Gasteiger partial charge < -0.3 is 14.2 Å². The third-order valence-corrected chi connectivity index (χ3v) is 7.04. The number of nitrogens with zero attached hydrogens (tertiary/aromatic N) is 2. The monoisotopic (exact) mass is 657 g/mol. The number of carbonyl (C=O) groups is 3. The van der Waals surface area contributed by atoms with Crippen molar-refractivity contribution in [2.45, 2.75) is 13.2 Å². The minimum Gasteiger partial charge on any atom is -0.493 e. The highest BCUT2D eigenvalue weighted by Crippen LogP contribution is 2.32. The predicted octanol–water partition coefficient (Wildman–Crippen LogP) is 6.19. The van der Waals surface area contributed by atoms with E-state index in [-0.39, 0.29) is 23.6 Å². The molecule has 1 aliphatic heterocycles. The van der Waals surface area contributed by atoms with Gasteiger partial charge >= 0.3 is 6.03 Å². The Labute approximate surface area is 259 Å². The van der Waals surface area contributed by atoms with E-state index in [1.807, 2.05) is 36.4 Å². The standard InChI is InChI=1S/C32H24BrN3O8/c1-42-29-15-21(7-13-28(29)44-18-20-5-3-2-4-6-20)19-43-27-14-8-23(33)16-22(27)17-26-30(37)34-32(39)35(31(26)38)24-9-11-25(12-10-24)36(40)41/h2-17H,18-19H2,1H3,(H,34,37,39)/b26-17-. The molecule has 4 aromatic carbocycles. The van der Waals surface area contributed by atoms with E-state index < -0.39 is 22.8 Å². The molecule has 0 aromatic heterocycles. The number of ether oxygens (including phenoxy) is 3. The van der Waals surface area contributed by atoms with Crippen LogP contribution in [0.15, 0.2) is 101 Å². The van der Waals surface area contributed by atoms with E-state index in [0.29, 0.717) is 33.9 Å². The van der Waals surface area contributed by atoms with Crippen molar-refractivity contribution in [3.8, 4) is 17.2 Å². The van der Waals surface area contributed by atoms with Crippen molar-refractivity contribution in [3.05, 3.63) is 128 Å². The first kappa shape index (κ1) is 30.0. The van der Waals surface area contributed by atoms with Gasteiger partial charge in [-0.3, -0.25) is 25.0 Å². The van der Waals surface area contributed by atoms with Crippen LogP contribution in [0.25, 0.3) is 6.08 Å². The van der Waals surface area contributed by atoms with Gasteiger partial charge in [-0.1, -0.05) is 52.3 Å². The molecule has 1 fully saturated rings. The molecule has 222 valence electrons. The number of hydrogen-bond donors (Lipinski definition) is 1. The SMILES string of the molecule is COc1cc(COc2ccc(Br)cc2/C=C2/C(=O)NC(=O)N(c3ccc([N+](=O)[O-])cc3)C2=O)ccc1OCc1ccccc1. The van der Waals surface area contributed by atoms with E-state index in [9.17, 15) is 24.5 Å². The molecule has 1 aliphatic rings. The Balaban J connectivity index is 1.36. The summed E-state index contributed by atoms with van der Waals surface area (Å²) in [4.78, 5) is 49.8. The van der Waals surface area contributed by atoms with E-state index >= 15 is 0 Å². The van der Waals surface area contributed by atoms with Crippen LogP contribution in [-0.2, 0) is 22.8 Å². The maximum Gasteiger partial charge on any atom is 0.335 e. The summed E-state index contributed by atoms with van der Waals surface area (Å²) in [6.45, 7) is 0.504. The fourth-order valence-corrected chi connectivity index (χ4v) is 4.73. The normalized spacial score (nSPS) is 13.9. The molecule has 0 unspecified atom stereocenters. The molecule has 44 heavy (non-hydrogen) atoms. The number of barbiturate groups is 1. The van der Waals surface area contributed by atoms with Crippen molar-refractivity contribution < 1.29 is 33.5 Å². The second kappa shape index (κ2) is 13.2. The largest absolute Gasteiger partial charge is 0.493 e. The topological polar surface area (TPSA) is 137 Å². The summed E-state index contributed by atoms with van der Waals surface area (Å²) in [5, 5.41) is 13.1. The Morgan fingerprint density at radius 3 is 2.23 bits per heavy atom. The second-order valence-corrected chi connectivity index (χ2v) is 10.4. The number of nitro benzene ring substituents is 1. The van der Waals surface area contributed by atoms with Crippen molar-refractivity contribution in [2.75, 3.05) is 12.0 Å². The average molecular weight is 658 g/mol. The number of rotatable bonds is 10. The lowest BCUT2D eigenvalue weighted by Gasteiger charge is -2.26. The smallest absolute Gasteiger partial charge is 0.335 e. The third-order valence-electron chi connectivity index (χ3n) is 6.55. The van der Waals surface area contributed by atoms with Gasteiger partial charge in [-0.05, 0) is 59.7 Å². The summed E-state index contributed by atoms with van der Waals surface area (Å²) >= 11 is 3.40. The molecule has 0 radical (unpaired) electrons. The van der Waals surface area contributed by atoms with Crippen molar-refractivity contribution >= 4 is 51.2 Å². The number of carbonyl (C=O) groups excluding carboxylic acids is 3. The van der Waals surface area contributed by atoms with E-state index in [1.54, 1.807) is 37.4 Å². The van der Waals surface area contributed by atoms with Gasteiger partial charge in [0.1, 0.15) is 24.5 Å². The number of urea groups is 1. The number of nitrogens with one attached hydrogen (secondary N) is 1. The molecule has 1 N–H and O–H groups in total. The van der Waals surface area contributed by atoms with Crippen LogP contribution >= 0.6 is 15.9 Å². The van der Waals surface area contributed by atoms with Crippen LogP contribution in [0.2, 0.25) is 0 Å².